The molecule has 0 bridgehead atoms. The van der Waals surface area contributed by atoms with Gasteiger partial charge in [-0.05, 0) is 78.2 Å². The number of aromatic nitrogens is 3. The number of hydrogen-bond donors (Lipinski definition) is 2. The first kappa shape index (κ1) is 35.5. The molecule has 1 atom stereocenters. The summed E-state index contributed by atoms with van der Waals surface area (Å²) in [4.78, 5) is 36.5. The quantitative estimate of drug-likeness (QED) is 0.165. The molecule has 0 radical (unpaired) electrons. The molecular weight excluding hydrogens is 671 g/mol. The number of anilines is 2. The van der Waals surface area contributed by atoms with Gasteiger partial charge in [0.25, 0.3) is 5.91 Å². The minimum Gasteiger partial charge on any atom is -0.772 e. The first-order valence-electron chi connectivity index (χ1n) is 16.4. The van der Waals surface area contributed by atoms with E-state index >= 15 is 0 Å². The molecule has 0 saturated carbocycles. The Morgan fingerprint density at radius 3 is 2.39 bits per heavy atom. The van der Waals surface area contributed by atoms with Gasteiger partial charge in [-0.2, -0.15) is 0 Å². The van der Waals surface area contributed by atoms with Crippen LogP contribution in [0.5, 0.6) is 11.5 Å². The van der Waals surface area contributed by atoms with Gasteiger partial charge in [0.1, 0.15) is 17.2 Å². The number of nitrogens with one attached hydrogen (secondary N) is 1. The van der Waals surface area contributed by atoms with Crippen molar-refractivity contribution in [2.24, 2.45) is 5.92 Å². The third-order valence-electron chi connectivity index (χ3n) is 8.89. The number of pyridine rings is 3. The number of aryl methyl sites for hydroxylation is 1. The number of amides is 1. The van der Waals surface area contributed by atoms with E-state index in [0.29, 0.717) is 65.0 Å². The van der Waals surface area contributed by atoms with Gasteiger partial charge in [-0.15, -0.1) is 0 Å². The summed E-state index contributed by atoms with van der Waals surface area (Å²) in [7, 11) is 3.09. The number of carbonyl (C=O) groups is 1. The fourth-order valence-electron chi connectivity index (χ4n) is 6.15. The molecule has 1 saturated heterocycles. The van der Waals surface area contributed by atoms with E-state index in [9.17, 15) is 18.4 Å². The third kappa shape index (κ3) is 8.17. The van der Waals surface area contributed by atoms with Crippen LogP contribution in [0.4, 0.5) is 11.6 Å². The highest BCUT2D eigenvalue weighted by Crippen LogP contribution is 2.36. The summed E-state index contributed by atoms with van der Waals surface area (Å²) in [5, 5.41) is 2.73. The second-order valence-electron chi connectivity index (χ2n) is 12.4. The van der Waals surface area contributed by atoms with Crippen molar-refractivity contribution in [1.29, 1.82) is 0 Å². The molecule has 4 heterocycles. The van der Waals surface area contributed by atoms with Gasteiger partial charge in [-0.25, -0.2) is 9.97 Å². The average molecular weight is 709 g/mol. The van der Waals surface area contributed by atoms with E-state index in [4.69, 9.17) is 19.9 Å². The van der Waals surface area contributed by atoms with Gasteiger partial charge in [-0.1, -0.05) is 35.9 Å². The van der Waals surface area contributed by atoms with Gasteiger partial charge in [0.05, 0.1) is 25.7 Å². The number of carbonyl (C=O) groups excluding carboxylic acids is 1. The number of rotatable bonds is 11. The van der Waals surface area contributed by atoms with Gasteiger partial charge in [0, 0.05) is 60.6 Å². The normalized spacial score (nSPS) is 13.8. The largest absolute Gasteiger partial charge is 0.772 e. The zero-order chi connectivity index (χ0) is 36.1. The van der Waals surface area contributed by atoms with Gasteiger partial charge in [-0.3, -0.25) is 13.8 Å². The van der Waals surface area contributed by atoms with Crippen molar-refractivity contribution in [1.82, 2.24) is 14.5 Å². The predicted octanol–water partition coefficient (Wildman–Crippen LogP) is 5.61. The van der Waals surface area contributed by atoms with Crippen LogP contribution in [-0.4, -0.2) is 56.6 Å². The first-order valence-corrected chi connectivity index (χ1v) is 17.6. The Labute approximate surface area is 297 Å². The molecule has 6 rings (SSSR count). The zero-order valence-corrected chi connectivity index (χ0v) is 29.3. The van der Waals surface area contributed by atoms with Gasteiger partial charge in [0.2, 0.25) is 5.43 Å². The summed E-state index contributed by atoms with van der Waals surface area (Å²) >= 11 is -2.53. The smallest absolute Gasteiger partial charge is 0.262 e. The molecule has 1 unspecified atom stereocenters. The maximum atomic E-state index is 13.8. The highest BCUT2D eigenvalue weighted by atomic mass is 32.2. The average Bonchev–Trinajstić information content (AvgIpc) is 3.13. The lowest BCUT2D eigenvalue weighted by Gasteiger charge is -2.23. The Morgan fingerprint density at radius 2 is 1.69 bits per heavy atom. The highest BCUT2D eigenvalue weighted by Gasteiger charge is 2.21. The van der Waals surface area contributed by atoms with E-state index in [1.54, 1.807) is 57.1 Å². The summed E-state index contributed by atoms with van der Waals surface area (Å²) in [5.74, 6) is 0.529. The van der Waals surface area contributed by atoms with Crippen molar-refractivity contribution in [3.63, 3.8) is 0 Å². The van der Waals surface area contributed by atoms with Crippen molar-refractivity contribution in [3.05, 3.63) is 106 Å². The van der Waals surface area contributed by atoms with Crippen LogP contribution >= 0.6 is 0 Å². The molecule has 5 aromatic rings. The summed E-state index contributed by atoms with van der Waals surface area (Å²) < 4.78 is 42.2. The van der Waals surface area contributed by atoms with Crippen LogP contribution in [0.3, 0.4) is 0 Å². The maximum absolute atomic E-state index is 13.8. The Morgan fingerprint density at radius 1 is 0.961 bits per heavy atom. The number of hydrogen-bond acceptors (Lipinski definition) is 10. The van der Waals surface area contributed by atoms with Crippen molar-refractivity contribution < 1.29 is 27.8 Å². The van der Waals surface area contributed by atoms with E-state index in [1.165, 1.54) is 6.07 Å². The van der Waals surface area contributed by atoms with E-state index in [-0.39, 0.29) is 22.9 Å². The predicted molar refractivity (Wildman–Crippen MR) is 195 cm³/mol. The lowest BCUT2D eigenvalue weighted by Crippen LogP contribution is -2.27. The summed E-state index contributed by atoms with van der Waals surface area (Å²) in [5.41, 5.74) is 10.4. The van der Waals surface area contributed by atoms with Gasteiger partial charge in [0.15, 0.2) is 11.5 Å². The zero-order valence-electron chi connectivity index (χ0n) is 28.5. The molecule has 51 heavy (non-hydrogen) atoms. The Balaban J connectivity index is 1.35. The van der Waals surface area contributed by atoms with Crippen molar-refractivity contribution in [3.8, 4) is 44.9 Å². The van der Waals surface area contributed by atoms with E-state index in [1.807, 2.05) is 41.8 Å². The summed E-state index contributed by atoms with van der Waals surface area (Å²) in [6, 6.07) is 17.9. The Hall–Kier alpha value is -5.37. The van der Waals surface area contributed by atoms with Crippen LogP contribution in [-0.2, 0) is 28.1 Å². The SMILES string of the molecule is COc1ccc(-c2cnc(N)c(-c3ccc(NC(=O)c4cn(CC5CCOCC5)cc(-c5ccc(C)cc5)c4=O)nc3CS(=O)[O-])c2)cc1OC. The topological polar surface area (TPSA) is 171 Å². The lowest BCUT2D eigenvalue weighted by atomic mass is 9.99. The monoisotopic (exact) mass is 708 g/mol. The number of benzene rings is 2. The minimum absolute atomic E-state index is 0.0592. The molecule has 264 valence electrons. The van der Waals surface area contributed by atoms with Crippen LogP contribution < -0.4 is 26.0 Å². The van der Waals surface area contributed by atoms with Crippen LogP contribution in [0.2, 0.25) is 0 Å². The van der Waals surface area contributed by atoms with E-state index < -0.39 is 28.2 Å². The molecule has 13 heteroatoms. The van der Waals surface area contributed by atoms with Gasteiger partial charge >= 0.3 is 0 Å². The number of nitrogens with zero attached hydrogens (tertiary/aromatic N) is 3. The number of methoxy groups -OCH3 is 2. The highest BCUT2D eigenvalue weighted by molar-refractivity contribution is 7.78. The fraction of sp³-hybridized carbons (Fsp3) is 0.263. The number of nitrogen functional groups attached to an aromatic ring is 1. The molecule has 1 aliphatic heterocycles. The summed E-state index contributed by atoms with van der Waals surface area (Å²) in [6.07, 6.45) is 6.73. The van der Waals surface area contributed by atoms with Crippen molar-refractivity contribution in [2.75, 3.05) is 38.5 Å². The van der Waals surface area contributed by atoms with Crippen molar-refractivity contribution in [2.45, 2.75) is 32.1 Å². The molecule has 1 aliphatic rings. The molecule has 0 spiro atoms. The standard InChI is InChI=1S/C38H39N5O7S/c1-23-4-6-25(7-5-23)30-20-43(19-24-12-14-50-15-13-24)21-31(36(30)44)38(45)42-35-11-9-28(32(41-35)22-51(46)47)29-16-27(18-40-37(29)39)26-8-10-33(48-2)34(17-26)49-3/h4-11,16-18,20-21,24H,12-15,19,22H2,1-3H3,(H2,39,40)(H,46,47)(H,41,42,45)/p-1. The van der Waals surface area contributed by atoms with Crippen LogP contribution in [0.15, 0.2) is 84.0 Å². The first-order chi connectivity index (χ1) is 24.6. The van der Waals surface area contributed by atoms with E-state index in [2.05, 4.69) is 15.3 Å². The molecule has 3 aromatic heterocycles. The number of ether oxygens (including phenoxy) is 3. The molecular formula is C38H38N5O7S-. The molecule has 2 aromatic carbocycles. The summed E-state index contributed by atoms with van der Waals surface area (Å²) in [6.45, 7) is 3.92. The van der Waals surface area contributed by atoms with Crippen LogP contribution in [0.25, 0.3) is 33.4 Å². The van der Waals surface area contributed by atoms with Crippen molar-refractivity contribution >= 4 is 28.6 Å². The molecule has 1 fully saturated rings. The second kappa shape index (κ2) is 15.7. The van der Waals surface area contributed by atoms with E-state index in [0.717, 1.165) is 24.0 Å². The minimum atomic E-state index is -2.53. The fourth-order valence-corrected chi connectivity index (χ4v) is 6.59. The lowest BCUT2D eigenvalue weighted by molar-refractivity contribution is 0.0612. The van der Waals surface area contributed by atoms with Crippen LogP contribution in [0.1, 0.15) is 34.5 Å². The molecule has 0 aliphatic carbocycles. The maximum Gasteiger partial charge on any atom is 0.262 e. The molecule has 3 N–H and O–H groups in total. The Bertz CT molecular complexity index is 2150. The van der Waals surface area contributed by atoms with Crippen LogP contribution in [0, 0.1) is 12.8 Å². The second-order valence-corrected chi connectivity index (χ2v) is 13.2. The third-order valence-corrected chi connectivity index (χ3v) is 9.40. The number of nitrogens with two attached hydrogens (primary N) is 1. The molecule has 1 amide bonds. The van der Waals surface area contributed by atoms with Gasteiger partial charge < -0.3 is 34.4 Å². The molecule has 12 nitrogen and oxygen atoms in total. The Kier molecular flexibility index (Phi) is 10.9.